The van der Waals surface area contributed by atoms with Gasteiger partial charge in [-0.1, -0.05) is 145 Å². The highest BCUT2D eigenvalue weighted by Crippen LogP contribution is 2.40. The van der Waals surface area contributed by atoms with Crippen molar-refractivity contribution in [1.29, 1.82) is 0 Å². The van der Waals surface area contributed by atoms with E-state index in [2.05, 4.69) is 0 Å². The molecular formula is C54H35N3. The summed E-state index contributed by atoms with van der Waals surface area (Å²) in [6, 6.07) is -36.1. The van der Waals surface area contributed by atoms with Gasteiger partial charge in [0.15, 0.2) is 0 Å². The number of hydrogen-bond acceptors (Lipinski definition) is 0. The van der Waals surface area contributed by atoms with Crippen molar-refractivity contribution in [1.82, 2.24) is 13.7 Å². The summed E-state index contributed by atoms with van der Waals surface area (Å²) in [5.41, 5.74) is -11.5. The van der Waals surface area contributed by atoms with Gasteiger partial charge in [-0.25, -0.2) is 0 Å². The molecule has 0 atom stereocenters. The molecule has 0 aliphatic heterocycles. The molecule has 3 heteroatoms. The number of nitrogens with zero attached hydrogens (tertiary/aromatic N) is 3. The number of aromatic nitrogens is 3. The van der Waals surface area contributed by atoms with Gasteiger partial charge in [-0.05, 0) is 83.2 Å². The summed E-state index contributed by atoms with van der Waals surface area (Å²) in [6.07, 6.45) is 0. The van der Waals surface area contributed by atoms with E-state index < -0.39 is 316 Å². The zero-order valence-electron chi connectivity index (χ0n) is 63.3. The van der Waals surface area contributed by atoms with Crippen molar-refractivity contribution in [3.8, 4) is 39.3 Å². The van der Waals surface area contributed by atoms with Crippen molar-refractivity contribution in [3.05, 3.63) is 211 Å². The minimum atomic E-state index is -1.27. The number of fused-ring (bicyclic) bond motifs is 9. The third kappa shape index (κ3) is 4.79. The van der Waals surface area contributed by atoms with Gasteiger partial charge in [0.25, 0.3) is 0 Å². The Kier molecular flexibility index (Phi) is 2.78. The van der Waals surface area contributed by atoms with Crippen LogP contribution in [0, 0.1) is 0 Å². The number of benzene rings is 9. The number of para-hydroxylation sites is 5. The molecule has 0 amide bonds. The summed E-state index contributed by atoms with van der Waals surface area (Å²) in [5, 5.41) is -3.95. The van der Waals surface area contributed by atoms with Crippen LogP contribution in [0.1, 0.15) is 48.0 Å². The first-order valence-electron chi connectivity index (χ1n) is 34.3. The van der Waals surface area contributed by atoms with Crippen LogP contribution in [0.4, 0.5) is 0 Å². The summed E-state index contributed by atoms with van der Waals surface area (Å²) >= 11 is 0. The van der Waals surface area contributed by atoms with Crippen LogP contribution in [-0.2, 0) is 0 Å². The van der Waals surface area contributed by atoms with Gasteiger partial charge in [0.2, 0.25) is 0 Å². The fourth-order valence-corrected chi connectivity index (χ4v) is 6.94. The molecule has 0 unspecified atom stereocenters. The molecule has 0 aliphatic carbocycles. The Morgan fingerprint density at radius 1 is 0.263 bits per heavy atom. The standard InChI is InChI=1S/C54H35N3/c1-2-15-36(16-3-1)37-29-32-53-47(34-37)45-23-8-12-27-51(45)55(53)39-18-14-17-38(33-39)41-19-4-9-24-48(41)57-52-28-13-7-22-44(52)46-31-30-40(35-54(46)57)56-49-25-10-5-20-42(49)43-21-6-11-26-50(43)56/h1-35H/i1D,2D,3D,4D,5D,6D,7D,8D,9D,10D,11D,12D,13D,14D,15D,16D,17D,18D,19D,20D,21D,22D,23D,24D,25D,26D,27D,28D,29D,30D,31D,32D,33D,34D,35D. The van der Waals surface area contributed by atoms with Gasteiger partial charge in [-0.2, -0.15) is 0 Å². The summed E-state index contributed by atoms with van der Waals surface area (Å²) in [7, 11) is 0. The molecule has 9 aromatic carbocycles. The molecule has 266 valence electrons. The molecule has 0 N–H and O–H groups in total. The normalized spacial score (nSPS) is 20.5. The first-order valence-corrected chi connectivity index (χ1v) is 16.8. The highest BCUT2D eigenvalue weighted by Gasteiger charge is 2.19. The largest absolute Gasteiger partial charge is 0.309 e. The Bertz CT molecular complexity index is 5480. The van der Waals surface area contributed by atoms with E-state index in [1.807, 2.05) is 0 Å². The van der Waals surface area contributed by atoms with Crippen molar-refractivity contribution in [3.63, 3.8) is 0 Å². The van der Waals surface area contributed by atoms with E-state index in [9.17, 15) is 24.7 Å². The molecular weight excluding hydrogens is 691 g/mol. The van der Waals surface area contributed by atoms with Crippen LogP contribution in [0.5, 0.6) is 0 Å². The van der Waals surface area contributed by atoms with Crippen LogP contribution < -0.4 is 0 Å². The molecule has 0 radical (unpaired) electrons. The lowest BCUT2D eigenvalue weighted by molar-refractivity contribution is 1.15. The van der Waals surface area contributed by atoms with Gasteiger partial charge in [0.05, 0.1) is 86.8 Å². The van der Waals surface area contributed by atoms with Gasteiger partial charge in [0.1, 0.15) is 0 Å². The predicted octanol–water partition coefficient (Wildman–Crippen LogP) is 14.3. The zero-order chi connectivity index (χ0) is 67.9. The second-order valence-electron chi connectivity index (χ2n) is 12.3. The first kappa shape index (κ1) is 12.7. The van der Waals surface area contributed by atoms with Gasteiger partial charge in [0, 0.05) is 49.3 Å². The van der Waals surface area contributed by atoms with Crippen molar-refractivity contribution < 1.29 is 48.0 Å². The highest BCUT2D eigenvalue weighted by molar-refractivity contribution is 6.13. The summed E-state index contributed by atoms with van der Waals surface area (Å²) in [6.45, 7) is 0. The first-order chi connectivity index (χ1) is 42.9. The van der Waals surface area contributed by atoms with Gasteiger partial charge < -0.3 is 13.7 Å². The lowest BCUT2D eigenvalue weighted by Crippen LogP contribution is -1.99. The van der Waals surface area contributed by atoms with Crippen LogP contribution in [0.15, 0.2) is 211 Å². The number of rotatable bonds is 5. The Labute approximate surface area is 378 Å². The fourth-order valence-electron chi connectivity index (χ4n) is 6.94. The van der Waals surface area contributed by atoms with E-state index in [0.717, 1.165) is 0 Å². The molecule has 3 nitrogen and oxygen atoms in total. The Balaban J connectivity index is 1.32. The van der Waals surface area contributed by atoms with Crippen LogP contribution >= 0.6 is 0 Å². The molecule has 0 saturated carbocycles. The summed E-state index contributed by atoms with van der Waals surface area (Å²) in [5.74, 6) is 0. The van der Waals surface area contributed by atoms with E-state index >= 15 is 0 Å². The van der Waals surface area contributed by atoms with E-state index in [1.54, 1.807) is 0 Å². The van der Waals surface area contributed by atoms with E-state index in [4.69, 9.17) is 23.3 Å². The molecule has 3 heterocycles. The van der Waals surface area contributed by atoms with Crippen LogP contribution in [0.3, 0.4) is 0 Å². The average Bonchev–Trinajstić information content (AvgIpc) is 1.51. The molecule has 0 fully saturated rings. The van der Waals surface area contributed by atoms with Crippen LogP contribution in [-0.4, -0.2) is 13.7 Å². The van der Waals surface area contributed by atoms with Crippen molar-refractivity contribution in [2.24, 2.45) is 0 Å². The third-order valence-electron chi connectivity index (χ3n) is 9.29. The molecule has 0 bridgehead atoms. The maximum atomic E-state index is 10.3. The predicted molar refractivity (Wildman–Crippen MR) is 240 cm³/mol. The minimum absolute atomic E-state index is 0.558. The highest BCUT2D eigenvalue weighted by atomic mass is 15.0. The van der Waals surface area contributed by atoms with E-state index in [1.165, 1.54) is 0 Å². The monoisotopic (exact) mass is 761 g/mol. The molecule has 0 aliphatic rings. The Morgan fingerprint density at radius 3 is 1.42 bits per heavy atom. The Morgan fingerprint density at radius 2 is 0.754 bits per heavy atom. The number of hydrogen-bond donors (Lipinski definition) is 0. The second kappa shape index (κ2) is 12.5. The molecule has 12 rings (SSSR count). The maximum Gasteiger partial charge on any atom is 0.0667 e. The average molecular weight is 761 g/mol. The van der Waals surface area contributed by atoms with Crippen molar-refractivity contribution in [2.75, 3.05) is 0 Å². The molecule has 57 heavy (non-hydrogen) atoms. The summed E-state index contributed by atoms with van der Waals surface area (Å²) in [4.78, 5) is 0. The minimum Gasteiger partial charge on any atom is -0.309 e. The van der Waals surface area contributed by atoms with E-state index in [0.29, 0.717) is 13.7 Å². The smallest absolute Gasteiger partial charge is 0.0667 e. The fraction of sp³-hybridized carbons (Fsp3) is 0. The SMILES string of the molecule is [2H]c1c([2H])c([2H])c(-c2c([2H])c([2H])c3c(c2[2H])c2c([2H])c([2H])c([2H])c([2H])c2n3-c2c([2H])c([2H])c([2H])c(-c3c([2H])c([2H])c([2H])c([2H])c3-n3c4c([2H])c([2H])c([2H])c([2H])c4c4c([2H])c([2H])c(-n5c6c([2H])c([2H])c([2H])c([2H])c6c6c([2H])c([2H])c([2H])c([2H])c65)c([2H])c43)c2[2H])c([2H])c1[2H]. The quantitative estimate of drug-likeness (QED) is 0.166. The third-order valence-corrected chi connectivity index (χ3v) is 9.29. The van der Waals surface area contributed by atoms with Gasteiger partial charge in [-0.3, -0.25) is 0 Å². The summed E-state index contributed by atoms with van der Waals surface area (Å²) < 4.78 is 323. The molecule has 0 saturated heterocycles. The van der Waals surface area contributed by atoms with Crippen LogP contribution in [0.25, 0.3) is 105 Å². The molecule has 12 aromatic rings. The maximum absolute atomic E-state index is 10.3. The Hall–Kier alpha value is -7.62. The van der Waals surface area contributed by atoms with Gasteiger partial charge in [-0.15, -0.1) is 0 Å². The second-order valence-corrected chi connectivity index (χ2v) is 12.3. The lowest BCUT2D eigenvalue weighted by Gasteiger charge is -2.16. The zero-order valence-corrected chi connectivity index (χ0v) is 28.3. The lowest BCUT2D eigenvalue weighted by atomic mass is 10.0. The molecule has 0 spiro atoms. The molecule has 3 aromatic heterocycles. The van der Waals surface area contributed by atoms with Gasteiger partial charge >= 0.3 is 0 Å². The van der Waals surface area contributed by atoms with Crippen molar-refractivity contribution >= 4 is 65.4 Å². The topological polar surface area (TPSA) is 14.8 Å². The van der Waals surface area contributed by atoms with Crippen molar-refractivity contribution in [2.45, 2.75) is 0 Å². The van der Waals surface area contributed by atoms with E-state index in [-0.39, 0.29) is 0 Å². The van der Waals surface area contributed by atoms with Crippen LogP contribution in [0.2, 0.25) is 0 Å².